The Morgan fingerprint density at radius 1 is 1.08 bits per heavy atom. The van der Waals surface area contributed by atoms with Crippen LogP contribution in [0.3, 0.4) is 0 Å². The second-order valence-corrected chi connectivity index (χ2v) is 9.18. The van der Waals surface area contributed by atoms with Gasteiger partial charge >= 0.3 is 0 Å². The molecule has 0 bridgehead atoms. The maximum atomic E-state index is 13.1. The standard InChI is InChI=1S/C29H26N6O3/c1-19-6-7-23(33-28(36)22-11-21(16-30)12-24(13-22)35-9-2-3-10-35)14-25(19)26-15-27(38-34-26)29(37)32-18-20-5-4-8-31-17-20/h4-8,11-15,17H,2-3,9-10,18H2,1H3,(H,32,37)(H,33,36). The number of nitrogens with zero attached hydrogens (tertiary/aromatic N) is 4. The predicted octanol–water partition coefficient (Wildman–Crippen LogP) is 4.70. The minimum Gasteiger partial charge on any atom is -0.371 e. The van der Waals surface area contributed by atoms with Crippen LogP contribution in [0.4, 0.5) is 11.4 Å². The average Bonchev–Trinajstić information content (AvgIpc) is 3.66. The highest BCUT2D eigenvalue weighted by atomic mass is 16.5. The lowest BCUT2D eigenvalue weighted by Gasteiger charge is -2.19. The summed E-state index contributed by atoms with van der Waals surface area (Å²) in [4.78, 5) is 31.9. The number of hydrogen-bond acceptors (Lipinski definition) is 7. The Morgan fingerprint density at radius 3 is 2.68 bits per heavy atom. The number of aryl methyl sites for hydroxylation is 1. The van der Waals surface area contributed by atoms with Gasteiger partial charge < -0.3 is 20.1 Å². The van der Waals surface area contributed by atoms with E-state index in [1.165, 1.54) is 0 Å². The number of benzene rings is 2. The molecule has 3 heterocycles. The second kappa shape index (κ2) is 11.0. The summed E-state index contributed by atoms with van der Waals surface area (Å²) in [6.07, 6.45) is 5.54. The van der Waals surface area contributed by atoms with Crippen LogP contribution >= 0.6 is 0 Å². The molecule has 1 saturated heterocycles. The van der Waals surface area contributed by atoms with Crippen LogP contribution in [-0.4, -0.2) is 35.0 Å². The summed E-state index contributed by atoms with van der Waals surface area (Å²) in [5.41, 5.74) is 5.28. The Morgan fingerprint density at radius 2 is 1.92 bits per heavy atom. The number of hydrogen-bond donors (Lipinski definition) is 2. The second-order valence-electron chi connectivity index (χ2n) is 9.18. The Balaban J connectivity index is 1.31. The van der Waals surface area contributed by atoms with Crippen LogP contribution in [0, 0.1) is 18.3 Å². The summed E-state index contributed by atoms with van der Waals surface area (Å²) in [5.74, 6) is -0.616. The van der Waals surface area contributed by atoms with Gasteiger partial charge in [-0.15, -0.1) is 0 Å². The minimum absolute atomic E-state index is 0.0838. The molecular weight excluding hydrogens is 480 g/mol. The number of aromatic nitrogens is 2. The number of anilines is 2. The zero-order valence-corrected chi connectivity index (χ0v) is 20.9. The predicted molar refractivity (Wildman–Crippen MR) is 143 cm³/mol. The van der Waals surface area contributed by atoms with Crippen LogP contribution in [0.25, 0.3) is 11.3 Å². The van der Waals surface area contributed by atoms with Crippen molar-refractivity contribution in [1.82, 2.24) is 15.5 Å². The molecule has 1 aliphatic heterocycles. The minimum atomic E-state index is -0.388. The zero-order valence-electron chi connectivity index (χ0n) is 20.9. The van der Waals surface area contributed by atoms with Crippen molar-refractivity contribution in [2.24, 2.45) is 0 Å². The Bertz CT molecular complexity index is 1520. The number of amides is 2. The van der Waals surface area contributed by atoms with Gasteiger partial charge in [-0.3, -0.25) is 14.6 Å². The molecule has 0 radical (unpaired) electrons. The molecule has 0 saturated carbocycles. The van der Waals surface area contributed by atoms with Crippen molar-refractivity contribution in [1.29, 1.82) is 5.26 Å². The molecule has 0 unspecified atom stereocenters. The number of carbonyl (C=O) groups excluding carboxylic acids is 2. The number of nitrogens with one attached hydrogen (secondary N) is 2. The molecule has 5 rings (SSSR count). The van der Waals surface area contributed by atoms with E-state index >= 15 is 0 Å². The van der Waals surface area contributed by atoms with E-state index in [9.17, 15) is 14.9 Å². The molecule has 2 aromatic heterocycles. The molecule has 9 nitrogen and oxygen atoms in total. The first-order valence-corrected chi connectivity index (χ1v) is 12.4. The third-order valence-electron chi connectivity index (χ3n) is 6.46. The van der Waals surface area contributed by atoms with Gasteiger partial charge in [0, 0.05) is 60.6 Å². The average molecular weight is 507 g/mol. The van der Waals surface area contributed by atoms with Gasteiger partial charge in [-0.1, -0.05) is 17.3 Å². The van der Waals surface area contributed by atoms with Gasteiger partial charge in [0.15, 0.2) is 0 Å². The molecule has 2 N–H and O–H groups in total. The smallest absolute Gasteiger partial charge is 0.290 e. The van der Waals surface area contributed by atoms with Gasteiger partial charge in [-0.2, -0.15) is 5.26 Å². The molecule has 190 valence electrons. The van der Waals surface area contributed by atoms with Crippen molar-refractivity contribution in [3.63, 3.8) is 0 Å². The van der Waals surface area contributed by atoms with Crippen LogP contribution in [0.1, 0.15) is 50.4 Å². The van der Waals surface area contributed by atoms with Gasteiger partial charge in [0.05, 0.1) is 11.6 Å². The Hall–Kier alpha value is -4.97. The van der Waals surface area contributed by atoms with E-state index in [2.05, 4.69) is 31.7 Å². The molecule has 0 aliphatic carbocycles. The van der Waals surface area contributed by atoms with E-state index in [1.807, 2.05) is 31.2 Å². The topological polar surface area (TPSA) is 124 Å². The number of pyridine rings is 1. The first kappa shape index (κ1) is 24.7. The maximum Gasteiger partial charge on any atom is 0.290 e. The fraction of sp³-hybridized carbons (Fsp3) is 0.207. The van der Waals surface area contributed by atoms with E-state index in [4.69, 9.17) is 4.52 Å². The highest BCUT2D eigenvalue weighted by Gasteiger charge is 2.18. The van der Waals surface area contributed by atoms with Crippen LogP contribution in [0.15, 0.2) is 71.5 Å². The Kier molecular flexibility index (Phi) is 7.13. The third kappa shape index (κ3) is 5.55. The molecule has 38 heavy (non-hydrogen) atoms. The quantitative estimate of drug-likeness (QED) is 0.372. The number of rotatable bonds is 7. The number of carbonyl (C=O) groups is 2. The van der Waals surface area contributed by atoms with E-state index in [0.29, 0.717) is 29.1 Å². The van der Waals surface area contributed by atoms with E-state index < -0.39 is 0 Å². The van der Waals surface area contributed by atoms with Crippen LogP contribution < -0.4 is 15.5 Å². The summed E-state index contributed by atoms with van der Waals surface area (Å²) < 4.78 is 5.30. The molecule has 2 amide bonds. The van der Waals surface area contributed by atoms with Crippen molar-refractivity contribution in [3.8, 4) is 17.3 Å². The van der Waals surface area contributed by atoms with E-state index in [1.54, 1.807) is 42.7 Å². The van der Waals surface area contributed by atoms with Crippen LogP contribution in [0.5, 0.6) is 0 Å². The highest BCUT2D eigenvalue weighted by Crippen LogP contribution is 2.28. The highest BCUT2D eigenvalue weighted by molar-refractivity contribution is 6.05. The van der Waals surface area contributed by atoms with Gasteiger partial charge in [0.1, 0.15) is 5.69 Å². The SMILES string of the molecule is Cc1ccc(NC(=O)c2cc(C#N)cc(N3CCCC3)c2)cc1-c1cc(C(=O)NCc2cccnc2)on1. The molecule has 4 aromatic rings. The van der Waals surface area contributed by atoms with Gasteiger partial charge in [-0.25, -0.2) is 0 Å². The summed E-state index contributed by atoms with van der Waals surface area (Å²) in [6.45, 7) is 4.06. The monoisotopic (exact) mass is 506 g/mol. The molecule has 0 spiro atoms. The molecular formula is C29H26N6O3. The summed E-state index contributed by atoms with van der Waals surface area (Å²) in [6, 6.07) is 18.1. The summed E-state index contributed by atoms with van der Waals surface area (Å²) >= 11 is 0. The Labute approximate surface area is 220 Å². The molecule has 0 atom stereocenters. The first-order valence-electron chi connectivity index (χ1n) is 12.4. The molecule has 1 fully saturated rings. The van der Waals surface area contributed by atoms with E-state index in [-0.39, 0.29) is 17.6 Å². The van der Waals surface area contributed by atoms with Gasteiger partial charge in [0.25, 0.3) is 11.8 Å². The van der Waals surface area contributed by atoms with Crippen molar-refractivity contribution in [2.75, 3.05) is 23.3 Å². The number of nitriles is 1. The fourth-order valence-electron chi connectivity index (χ4n) is 4.43. The lowest BCUT2D eigenvalue weighted by molar-refractivity contribution is 0.0913. The summed E-state index contributed by atoms with van der Waals surface area (Å²) in [7, 11) is 0. The first-order chi connectivity index (χ1) is 18.5. The van der Waals surface area contributed by atoms with Crippen molar-refractivity contribution in [3.05, 3.63) is 95.0 Å². The lowest BCUT2D eigenvalue weighted by atomic mass is 10.0. The van der Waals surface area contributed by atoms with Crippen LogP contribution in [0.2, 0.25) is 0 Å². The third-order valence-corrected chi connectivity index (χ3v) is 6.46. The normalized spacial score (nSPS) is 12.7. The van der Waals surface area contributed by atoms with Crippen LogP contribution in [-0.2, 0) is 6.54 Å². The molecule has 2 aromatic carbocycles. The fourth-order valence-corrected chi connectivity index (χ4v) is 4.43. The van der Waals surface area contributed by atoms with Crippen molar-refractivity contribution >= 4 is 23.2 Å². The zero-order chi connectivity index (χ0) is 26.5. The maximum absolute atomic E-state index is 13.1. The molecule has 9 heteroatoms. The summed E-state index contributed by atoms with van der Waals surface area (Å²) in [5, 5.41) is 19.3. The van der Waals surface area contributed by atoms with E-state index in [0.717, 1.165) is 48.3 Å². The van der Waals surface area contributed by atoms with Crippen molar-refractivity contribution < 1.29 is 14.1 Å². The molecule has 1 aliphatic rings. The lowest BCUT2D eigenvalue weighted by Crippen LogP contribution is -2.22. The van der Waals surface area contributed by atoms with Crippen molar-refractivity contribution in [2.45, 2.75) is 26.3 Å². The largest absolute Gasteiger partial charge is 0.371 e. The van der Waals surface area contributed by atoms with Gasteiger partial charge in [-0.05, 0) is 67.3 Å². The van der Waals surface area contributed by atoms with Gasteiger partial charge in [0.2, 0.25) is 5.76 Å².